The van der Waals surface area contributed by atoms with E-state index in [4.69, 9.17) is 21.9 Å². The number of carbonyl (C=O) groups is 1. The second-order valence-electron chi connectivity index (χ2n) is 6.87. The lowest BCUT2D eigenvalue weighted by Gasteiger charge is -2.12. The van der Waals surface area contributed by atoms with E-state index in [9.17, 15) is 9.59 Å². The van der Waals surface area contributed by atoms with E-state index in [1.807, 2.05) is 53.1 Å². The van der Waals surface area contributed by atoms with Gasteiger partial charge in [0.2, 0.25) is 0 Å². The molecule has 0 bridgehead atoms. The van der Waals surface area contributed by atoms with Gasteiger partial charge in [0.05, 0.1) is 18.0 Å². The fraction of sp³-hybridized carbons (Fsp3) is 0.217. The summed E-state index contributed by atoms with van der Waals surface area (Å²) in [7, 11) is 0. The average Bonchev–Trinajstić information content (AvgIpc) is 3.13. The van der Waals surface area contributed by atoms with Gasteiger partial charge in [-0.05, 0) is 43.3 Å². The predicted octanol–water partition coefficient (Wildman–Crippen LogP) is 4.88. The standard InChI is InChI=1S/C23H21N3O3S3/c1-2-29-18(27)15-31-22-24-20-19(21(28)26(22)17-11-7-4-8-12-17)32-23(30)25(20)14-13-16-9-5-3-6-10-16/h3-12H,2,13-15H2,1H3. The van der Waals surface area contributed by atoms with Crippen molar-refractivity contribution in [3.8, 4) is 5.69 Å². The largest absolute Gasteiger partial charge is 0.465 e. The van der Waals surface area contributed by atoms with Crippen LogP contribution in [-0.4, -0.2) is 32.4 Å². The van der Waals surface area contributed by atoms with Crippen molar-refractivity contribution in [3.63, 3.8) is 0 Å². The zero-order valence-electron chi connectivity index (χ0n) is 17.4. The molecule has 0 N–H and O–H groups in total. The van der Waals surface area contributed by atoms with Crippen molar-refractivity contribution >= 4 is 51.6 Å². The van der Waals surface area contributed by atoms with Gasteiger partial charge in [-0.1, -0.05) is 71.6 Å². The molecule has 2 aromatic heterocycles. The number of aromatic nitrogens is 3. The smallest absolute Gasteiger partial charge is 0.316 e. The molecule has 0 aliphatic carbocycles. The molecule has 0 amide bonds. The van der Waals surface area contributed by atoms with Gasteiger partial charge < -0.3 is 9.30 Å². The van der Waals surface area contributed by atoms with Gasteiger partial charge in [-0.3, -0.25) is 14.2 Å². The monoisotopic (exact) mass is 483 g/mol. The Morgan fingerprint density at radius 1 is 1.12 bits per heavy atom. The van der Waals surface area contributed by atoms with Crippen LogP contribution in [0.25, 0.3) is 16.0 Å². The number of benzene rings is 2. The number of esters is 1. The fourth-order valence-electron chi connectivity index (χ4n) is 3.29. The molecule has 9 heteroatoms. The van der Waals surface area contributed by atoms with E-state index in [0.717, 1.165) is 6.42 Å². The molecule has 0 fully saturated rings. The Bertz CT molecular complexity index is 1350. The Hall–Kier alpha value is -2.75. The molecule has 0 aliphatic heterocycles. The highest BCUT2D eigenvalue weighted by atomic mass is 32.2. The third-order valence-corrected chi connectivity index (χ3v) is 7.10. The van der Waals surface area contributed by atoms with Crippen molar-refractivity contribution in [2.45, 2.75) is 25.0 Å². The first-order chi connectivity index (χ1) is 15.6. The lowest BCUT2D eigenvalue weighted by molar-refractivity contribution is -0.139. The third kappa shape index (κ3) is 4.85. The maximum absolute atomic E-state index is 13.5. The highest BCUT2D eigenvalue weighted by Gasteiger charge is 2.19. The number of thioether (sulfide) groups is 1. The summed E-state index contributed by atoms with van der Waals surface area (Å²) in [6.45, 7) is 2.69. The predicted molar refractivity (Wildman–Crippen MR) is 132 cm³/mol. The maximum atomic E-state index is 13.5. The molecule has 32 heavy (non-hydrogen) atoms. The van der Waals surface area contributed by atoms with Gasteiger partial charge in [0.1, 0.15) is 4.70 Å². The number of ether oxygens (including phenoxy) is 1. The van der Waals surface area contributed by atoms with E-state index in [1.54, 1.807) is 11.5 Å². The molecule has 2 aromatic carbocycles. The molecule has 4 rings (SSSR count). The van der Waals surface area contributed by atoms with Crippen molar-refractivity contribution in [1.29, 1.82) is 0 Å². The van der Waals surface area contributed by atoms with Crippen molar-refractivity contribution in [2.24, 2.45) is 0 Å². The number of fused-ring (bicyclic) bond motifs is 1. The number of aryl methyl sites for hydroxylation is 2. The number of hydrogen-bond donors (Lipinski definition) is 0. The summed E-state index contributed by atoms with van der Waals surface area (Å²) in [6, 6.07) is 19.4. The Kier molecular flexibility index (Phi) is 7.19. The lowest BCUT2D eigenvalue weighted by atomic mass is 10.1. The SMILES string of the molecule is CCOC(=O)CSc1nc2c(sc(=S)n2CCc2ccccc2)c(=O)n1-c1ccccc1. The van der Waals surface area contributed by atoms with Gasteiger partial charge in [-0.15, -0.1) is 0 Å². The van der Waals surface area contributed by atoms with E-state index in [2.05, 4.69) is 12.1 Å². The van der Waals surface area contributed by atoms with Gasteiger partial charge in [-0.2, -0.15) is 0 Å². The Morgan fingerprint density at radius 2 is 1.81 bits per heavy atom. The average molecular weight is 484 g/mol. The van der Waals surface area contributed by atoms with Crippen molar-refractivity contribution in [3.05, 3.63) is 80.5 Å². The molecule has 0 spiro atoms. The second kappa shape index (κ2) is 10.2. The lowest BCUT2D eigenvalue weighted by Crippen LogP contribution is -2.22. The highest BCUT2D eigenvalue weighted by Crippen LogP contribution is 2.25. The first-order valence-corrected chi connectivity index (χ1v) is 12.3. The summed E-state index contributed by atoms with van der Waals surface area (Å²) in [4.78, 5) is 30.3. The third-order valence-electron chi connectivity index (χ3n) is 4.76. The highest BCUT2D eigenvalue weighted by molar-refractivity contribution is 7.99. The topological polar surface area (TPSA) is 66.1 Å². The van der Waals surface area contributed by atoms with Crippen LogP contribution in [0.4, 0.5) is 0 Å². The van der Waals surface area contributed by atoms with Crippen LogP contribution in [0.5, 0.6) is 0 Å². The van der Waals surface area contributed by atoms with Crippen LogP contribution in [0.3, 0.4) is 0 Å². The summed E-state index contributed by atoms with van der Waals surface area (Å²) >= 11 is 8.04. The zero-order valence-corrected chi connectivity index (χ0v) is 19.8. The van der Waals surface area contributed by atoms with Crippen molar-refractivity contribution in [1.82, 2.24) is 14.1 Å². The molecular formula is C23H21N3O3S3. The van der Waals surface area contributed by atoms with Crippen LogP contribution >= 0.6 is 35.3 Å². The molecule has 164 valence electrons. The Balaban J connectivity index is 1.79. The van der Waals surface area contributed by atoms with Crippen molar-refractivity contribution < 1.29 is 9.53 Å². The number of rotatable bonds is 8. The minimum atomic E-state index is -0.349. The van der Waals surface area contributed by atoms with Gasteiger partial charge in [0.15, 0.2) is 14.8 Å². The summed E-state index contributed by atoms with van der Waals surface area (Å²) in [5, 5.41) is 0.433. The van der Waals surface area contributed by atoms with Gasteiger partial charge >= 0.3 is 5.97 Å². The van der Waals surface area contributed by atoms with Crippen LogP contribution < -0.4 is 5.56 Å². The number of nitrogens with zero attached hydrogens (tertiary/aromatic N) is 3. The number of para-hydroxylation sites is 1. The Labute approximate surface area is 198 Å². The van der Waals surface area contributed by atoms with Crippen molar-refractivity contribution in [2.75, 3.05) is 12.4 Å². The van der Waals surface area contributed by atoms with Crippen LogP contribution in [0.2, 0.25) is 0 Å². The van der Waals surface area contributed by atoms with Crippen LogP contribution in [0.15, 0.2) is 70.6 Å². The minimum absolute atomic E-state index is 0.0630. The van der Waals surface area contributed by atoms with Gasteiger partial charge in [-0.25, -0.2) is 4.98 Å². The maximum Gasteiger partial charge on any atom is 0.316 e. The molecule has 0 radical (unpaired) electrons. The van der Waals surface area contributed by atoms with E-state index >= 15 is 0 Å². The quantitative estimate of drug-likeness (QED) is 0.154. The summed E-state index contributed by atoms with van der Waals surface area (Å²) < 4.78 is 9.61. The first-order valence-electron chi connectivity index (χ1n) is 10.1. The minimum Gasteiger partial charge on any atom is -0.465 e. The zero-order chi connectivity index (χ0) is 22.5. The van der Waals surface area contributed by atoms with Crippen LogP contribution in [-0.2, 0) is 22.5 Å². The molecule has 0 aliphatic rings. The van der Waals surface area contributed by atoms with E-state index in [-0.39, 0.29) is 17.3 Å². The van der Waals surface area contributed by atoms with Crippen LogP contribution in [0, 0.1) is 3.95 Å². The van der Waals surface area contributed by atoms with Crippen LogP contribution in [0.1, 0.15) is 12.5 Å². The second-order valence-corrected chi connectivity index (χ2v) is 9.46. The first kappa shape index (κ1) is 22.4. The normalized spacial score (nSPS) is 11.0. The molecule has 0 saturated heterocycles. The number of thiazole rings is 1. The fourth-order valence-corrected chi connectivity index (χ4v) is 5.40. The van der Waals surface area contributed by atoms with E-state index < -0.39 is 0 Å². The number of hydrogen-bond acceptors (Lipinski definition) is 7. The molecule has 0 unspecified atom stereocenters. The molecule has 0 saturated carbocycles. The summed E-state index contributed by atoms with van der Waals surface area (Å²) in [5.41, 5.74) is 2.23. The van der Waals surface area contributed by atoms with E-state index in [0.29, 0.717) is 38.3 Å². The van der Waals surface area contributed by atoms with Gasteiger partial charge in [0.25, 0.3) is 5.56 Å². The summed E-state index contributed by atoms with van der Waals surface area (Å²) in [6.07, 6.45) is 0.774. The number of carbonyl (C=O) groups excluding carboxylic acids is 1. The Morgan fingerprint density at radius 3 is 2.50 bits per heavy atom. The molecular weight excluding hydrogens is 462 g/mol. The molecule has 4 aromatic rings. The van der Waals surface area contributed by atoms with E-state index in [1.165, 1.54) is 28.7 Å². The molecule has 2 heterocycles. The molecule has 0 atom stereocenters. The molecule has 6 nitrogen and oxygen atoms in total. The van der Waals surface area contributed by atoms with Gasteiger partial charge in [0, 0.05) is 6.54 Å². The summed E-state index contributed by atoms with van der Waals surface area (Å²) in [5.74, 6) is -0.286.